The maximum Gasteiger partial charge on any atom is 0.114 e. The van der Waals surface area contributed by atoms with E-state index in [-0.39, 0.29) is 0 Å². The van der Waals surface area contributed by atoms with E-state index in [0.29, 0.717) is 6.54 Å². The highest BCUT2D eigenvalue weighted by Gasteiger charge is 2.07. The first-order valence-electron chi connectivity index (χ1n) is 6.96. The van der Waals surface area contributed by atoms with Gasteiger partial charge in [-0.2, -0.15) is 0 Å². The van der Waals surface area contributed by atoms with Crippen molar-refractivity contribution in [3.8, 4) is 0 Å². The van der Waals surface area contributed by atoms with Crippen LogP contribution in [-0.4, -0.2) is 9.55 Å². The first kappa shape index (κ1) is 12.6. The van der Waals surface area contributed by atoms with Crippen LogP contribution in [0.1, 0.15) is 10.6 Å². The second-order valence-electron chi connectivity index (χ2n) is 5.12. The minimum Gasteiger partial charge on any atom is -0.341 e. The third-order valence-electron chi connectivity index (χ3n) is 3.72. The third kappa shape index (κ3) is 2.22. The van der Waals surface area contributed by atoms with E-state index in [1.54, 1.807) is 11.3 Å². The molecule has 0 aliphatic rings. The lowest BCUT2D eigenvalue weighted by Crippen LogP contribution is -1.99. The molecule has 4 rings (SSSR count). The van der Waals surface area contributed by atoms with Crippen LogP contribution in [0.15, 0.2) is 54.7 Å². The van der Waals surface area contributed by atoms with Crippen molar-refractivity contribution in [2.75, 3.05) is 0 Å². The molecule has 2 heterocycles. The molecule has 0 spiro atoms. The number of nitrogens with zero attached hydrogens (tertiary/aromatic N) is 2. The number of para-hydroxylation sites is 1. The zero-order chi connectivity index (χ0) is 14.2. The molecule has 3 nitrogen and oxygen atoms in total. The Kier molecular flexibility index (Phi) is 2.98. The second-order valence-corrected chi connectivity index (χ2v) is 6.23. The highest BCUT2D eigenvalue weighted by molar-refractivity contribution is 7.18. The van der Waals surface area contributed by atoms with Crippen LogP contribution in [0.3, 0.4) is 0 Å². The number of benzene rings is 2. The van der Waals surface area contributed by atoms with Gasteiger partial charge in [-0.15, -0.1) is 11.3 Å². The van der Waals surface area contributed by atoms with Crippen LogP contribution in [0.25, 0.3) is 21.1 Å². The Morgan fingerprint density at radius 2 is 2.00 bits per heavy atom. The topological polar surface area (TPSA) is 43.8 Å². The van der Waals surface area contributed by atoms with E-state index in [4.69, 9.17) is 10.7 Å². The minimum absolute atomic E-state index is 0.572. The van der Waals surface area contributed by atoms with Crippen LogP contribution in [0.4, 0.5) is 0 Å². The summed E-state index contributed by atoms with van der Waals surface area (Å²) in [7, 11) is 0. The van der Waals surface area contributed by atoms with Crippen molar-refractivity contribution in [1.29, 1.82) is 0 Å². The second kappa shape index (κ2) is 4.98. The average Bonchev–Trinajstić information content (AvgIpc) is 3.10. The Labute approximate surface area is 126 Å². The van der Waals surface area contributed by atoms with Crippen molar-refractivity contribution in [2.45, 2.75) is 13.1 Å². The summed E-state index contributed by atoms with van der Waals surface area (Å²) in [6.07, 6.45) is 2.12. The number of fused-ring (bicyclic) bond motifs is 2. The molecule has 0 amide bonds. The van der Waals surface area contributed by atoms with Crippen LogP contribution in [0, 0.1) is 0 Å². The summed E-state index contributed by atoms with van der Waals surface area (Å²) in [5.74, 6) is 0. The summed E-state index contributed by atoms with van der Waals surface area (Å²) in [5.41, 5.74) is 9.20. The highest BCUT2D eigenvalue weighted by atomic mass is 32.1. The molecule has 0 radical (unpaired) electrons. The zero-order valence-electron chi connectivity index (χ0n) is 11.5. The maximum atomic E-state index is 5.74. The van der Waals surface area contributed by atoms with E-state index in [1.807, 2.05) is 6.07 Å². The van der Waals surface area contributed by atoms with Gasteiger partial charge in [-0.05, 0) is 35.2 Å². The summed E-state index contributed by atoms with van der Waals surface area (Å²) in [5, 5.41) is 2.38. The molecule has 2 N–H and O–H groups in total. The zero-order valence-corrected chi connectivity index (χ0v) is 12.3. The van der Waals surface area contributed by atoms with Gasteiger partial charge >= 0.3 is 0 Å². The fourth-order valence-corrected chi connectivity index (χ4v) is 3.59. The van der Waals surface area contributed by atoms with Gasteiger partial charge < -0.3 is 10.3 Å². The van der Waals surface area contributed by atoms with Gasteiger partial charge in [-0.1, -0.05) is 24.3 Å². The first-order valence-corrected chi connectivity index (χ1v) is 7.77. The Bertz CT molecular complexity index is 887. The van der Waals surface area contributed by atoms with E-state index < -0.39 is 0 Å². The molecule has 2 aromatic heterocycles. The fraction of sp³-hybridized carbons (Fsp3) is 0.118. The van der Waals surface area contributed by atoms with Crippen LogP contribution in [0.2, 0.25) is 0 Å². The van der Waals surface area contributed by atoms with Crippen molar-refractivity contribution >= 4 is 32.5 Å². The van der Waals surface area contributed by atoms with Gasteiger partial charge in [0.1, 0.15) is 5.01 Å². The molecule has 0 saturated carbocycles. The number of hydrogen-bond acceptors (Lipinski definition) is 3. The molecular formula is C17H15N3S. The monoisotopic (exact) mass is 293 g/mol. The fourth-order valence-electron chi connectivity index (χ4n) is 2.63. The van der Waals surface area contributed by atoms with Gasteiger partial charge in [0, 0.05) is 18.3 Å². The van der Waals surface area contributed by atoms with E-state index in [1.165, 1.54) is 15.6 Å². The molecule has 0 fully saturated rings. The van der Waals surface area contributed by atoms with E-state index in [9.17, 15) is 0 Å². The SMILES string of the molecule is NCc1ccc2ccn(Cc3nc4ccccc4s3)c2c1. The summed E-state index contributed by atoms with van der Waals surface area (Å²) >= 11 is 1.76. The van der Waals surface area contributed by atoms with E-state index in [2.05, 4.69) is 53.2 Å². The molecule has 0 bridgehead atoms. The van der Waals surface area contributed by atoms with Crippen molar-refractivity contribution in [3.63, 3.8) is 0 Å². The normalized spacial score (nSPS) is 11.5. The van der Waals surface area contributed by atoms with Gasteiger partial charge in [0.05, 0.1) is 16.8 Å². The largest absolute Gasteiger partial charge is 0.341 e. The van der Waals surface area contributed by atoms with Gasteiger partial charge in [-0.3, -0.25) is 0 Å². The Balaban J connectivity index is 1.76. The minimum atomic E-state index is 0.572. The van der Waals surface area contributed by atoms with E-state index in [0.717, 1.165) is 22.6 Å². The quantitative estimate of drug-likeness (QED) is 0.625. The number of rotatable bonds is 3. The Hall–Kier alpha value is -2.17. The van der Waals surface area contributed by atoms with Crippen LogP contribution >= 0.6 is 11.3 Å². The lowest BCUT2D eigenvalue weighted by Gasteiger charge is -2.04. The van der Waals surface area contributed by atoms with Crippen molar-refractivity contribution < 1.29 is 0 Å². The number of thiazole rings is 1. The van der Waals surface area contributed by atoms with Crippen molar-refractivity contribution in [2.24, 2.45) is 5.73 Å². The van der Waals surface area contributed by atoms with Crippen LogP contribution < -0.4 is 5.73 Å². The smallest absolute Gasteiger partial charge is 0.114 e. The molecule has 4 aromatic rings. The van der Waals surface area contributed by atoms with Crippen molar-refractivity contribution in [3.05, 3.63) is 65.3 Å². The molecule has 2 aromatic carbocycles. The maximum absolute atomic E-state index is 5.74. The summed E-state index contributed by atoms with van der Waals surface area (Å²) in [4.78, 5) is 4.71. The summed E-state index contributed by atoms with van der Waals surface area (Å²) < 4.78 is 3.48. The van der Waals surface area contributed by atoms with Gasteiger partial charge in [-0.25, -0.2) is 4.98 Å². The lowest BCUT2D eigenvalue weighted by molar-refractivity contribution is 0.830. The lowest BCUT2D eigenvalue weighted by atomic mass is 10.1. The molecular weight excluding hydrogens is 278 g/mol. The number of nitrogens with two attached hydrogens (primary N) is 1. The van der Waals surface area contributed by atoms with Gasteiger partial charge in [0.2, 0.25) is 0 Å². The molecule has 0 aliphatic carbocycles. The van der Waals surface area contributed by atoms with Gasteiger partial charge in [0.15, 0.2) is 0 Å². The molecule has 0 aliphatic heterocycles. The molecule has 0 saturated heterocycles. The van der Waals surface area contributed by atoms with Crippen LogP contribution in [-0.2, 0) is 13.1 Å². The predicted octanol–water partition coefficient (Wildman–Crippen LogP) is 3.76. The predicted molar refractivity (Wildman–Crippen MR) is 88.6 cm³/mol. The third-order valence-corrected chi connectivity index (χ3v) is 4.74. The Morgan fingerprint density at radius 1 is 1.10 bits per heavy atom. The standard InChI is InChI=1S/C17H15N3S/c18-10-12-5-6-13-7-8-20(15(13)9-12)11-17-19-14-3-1-2-4-16(14)21-17/h1-9H,10-11,18H2. The molecule has 4 heteroatoms. The molecule has 21 heavy (non-hydrogen) atoms. The van der Waals surface area contributed by atoms with Crippen LogP contribution in [0.5, 0.6) is 0 Å². The first-order chi connectivity index (χ1) is 10.3. The van der Waals surface area contributed by atoms with Gasteiger partial charge in [0.25, 0.3) is 0 Å². The Morgan fingerprint density at radius 3 is 2.86 bits per heavy atom. The molecule has 0 unspecified atom stereocenters. The molecule has 104 valence electrons. The number of aromatic nitrogens is 2. The summed E-state index contributed by atoms with van der Waals surface area (Å²) in [6, 6.07) is 16.8. The van der Waals surface area contributed by atoms with E-state index >= 15 is 0 Å². The number of hydrogen-bond donors (Lipinski definition) is 1. The summed E-state index contributed by atoms with van der Waals surface area (Å²) in [6.45, 7) is 1.37. The van der Waals surface area contributed by atoms with Crippen molar-refractivity contribution in [1.82, 2.24) is 9.55 Å². The molecule has 0 atom stereocenters. The average molecular weight is 293 g/mol. The highest BCUT2D eigenvalue weighted by Crippen LogP contribution is 2.24.